The number of hydrazine groups is 2. The largest absolute Gasteiger partial charge is 0.433 e. The highest BCUT2D eigenvalue weighted by Crippen LogP contribution is 2.37. The quantitative estimate of drug-likeness (QED) is 0.519. The lowest BCUT2D eigenvalue weighted by molar-refractivity contribution is -0.0493. The molecule has 11 nitrogen and oxygen atoms in total. The molecule has 1 aliphatic heterocycles. The highest BCUT2D eigenvalue weighted by Gasteiger charge is 2.26. The standard InChI is InChI=1S/C17H18ClF2N7O4/c1-7(2)13-9(6-21-31-13)15(29)22-12-10(30-16(19)20)5-4-8(11(12)18)14(28)23-17-24-25-26-27(17)3/h4-7,16,25-26H,1-3H3,(H,22,29)(H,23,24,28). The van der Waals surface area contributed by atoms with Gasteiger partial charge in [0.05, 0.1) is 16.8 Å². The summed E-state index contributed by atoms with van der Waals surface area (Å²) in [6.07, 6.45) is 1.19. The first-order valence-corrected chi connectivity index (χ1v) is 9.23. The Hall–Kier alpha value is -3.45. The van der Waals surface area contributed by atoms with E-state index in [2.05, 4.69) is 36.7 Å². The number of carbonyl (C=O) groups excluding carboxylic acids is 2. The van der Waals surface area contributed by atoms with Crippen LogP contribution in [-0.4, -0.2) is 41.6 Å². The van der Waals surface area contributed by atoms with Crippen molar-refractivity contribution in [2.75, 3.05) is 12.4 Å². The smallest absolute Gasteiger partial charge is 0.387 e. The monoisotopic (exact) mass is 457 g/mol. The van der Waals surface area contributed by atoms with E-state index in [9.17, 15) is 18.4 Å². The van der Waals surface area contributed by atoms with Crippen molar-refractivity contribution >= 4 is 35.1 Å². The fourth-order valence-corrected chi connectivity index (χ4v) is 2.91. The van der Waals surface area contributed by atoms with Crippen molar-refractivity contribution in [1.82, 2.24) is 26.6 Å². The first kappa shape index (κ1) is 22.2. The number of anilines is 1. The molecule has 2 amide bonds. The van der Waals surface area contributed by atoms with E-state index < -0.39 is 24.2 Å². The minimum absolute atomic E-state index is 0.0861. The Bertz CT molecular complexity index is 1030. The maximum Gasteiger partial charge on any atom is 0.387 e. The summed E-state index contributed by atoms with van der Waals surface area (Å²) in [5.41, 5.74) is 4.69. The van der Waals surface area contributed by atoms with Gasteiger partial charge in [-0.2, -0.15) is 8.78 Å². The number of amides is 2. The Labute approximate surface area is 179 Å². The zero-order chi connectivity index (χ0) is 22.7. The highest BCUT2D eigenvalue weighted by atomic mass is 35.5. The lowest BCUT2D eigenvalue weighted by Gasteiger charge is -2.17. The number of hydrogen-bond acceptors (Lipinski definition) is 9. The minimum Gasteiger partial charge on any atom is -0.433 e. The Balaban J connectivity index is 1.94. The van der Waals surface area contributed by atoms with Crippen LogP contribution in [0.5, 0.6) is 5.75 Å². The van der Waals surface area contributed by atoms with E-state index in [1.54, 1.807) is 20.9 Å². The van der Waals surface area contributed by atoms with Crippen molar-refractivity contribution in [3.05, 3.63) is 40.2 Å². The fraction of sp³-hybridized carbons (Fsp3) is 0.294. The fourth-order valence-electron chi connectivity index (χ4n) is 2.62. The van der Waals surface area contributed by atoms with E-state index in [4.69, 9.17) is 16.1 Å². The Morgan fingerprint density at radius 1 is 1.23 bits per heavy atom. The predicted molar refractivity (Wildman–Crippen MR) is 106 cm³/mol. The molecule has 1 aliphatic rings. The number of guanidine groups is 1. The number of ether oxygens (including phenoxy) is 1. The molecule has 1 aromatic heterocycles. The molecule has 31 heavy (non-hydrogen) atoms. The second-order valence-electron chi connectivity index (χ2n) is 6.56. The van der Waals surface area contributed by atoms with Crippen molar-refractivity contribution < 1.29 is 27.6 Å². The third kappa shape index (κ3) is 4.83. The molecule has 3 rings (SSSR count). The molecule has 0 fully saturated rings. The maximum atomic E-state index is 12.9. The second kappa shape index (κ2) is 9.14. The summed E-state index contributed by atoms with van der Waals surface area (Å²) in [6.45, 7) is 0.381. The summed E-state index contributed by atoms with van der Waals surface area (Å²) in [7, 11) is 1.58. The van der Waals surface area contributed by atoms with Gasteiger partial charge < -0.3 is 14.6 Å². The van der Waals surface area contributed by atoms with E-state index in [0.717, 1.165) is 6.07 Å². The van der Waals surface area contributed by atoms with Gasteiger partial charge in [0.2, 0.25) is 5.96 Å². The van der Waals surface area contributed by atoms with E-state index in [1.165, 1.54) is 17.3 Å². The van der Waals surface area contributed by atoms with Gasteiger partial charge >= 0.3 is 6.61 Å². The maximum absolute atomic E-state index is 12.9. The van der Waals surface area contributed by atoms with Crippen LogP contribution >= 0.6 is 11.6 Å². The van der Waals surface area contributed by atoms with Gasteiger partial charge in [-0.15, -0.1) is 10.6 Å². The number of carbonyl (C=O) groups is 2. The molecule has 0 radical (unpaired) electrons. The first-order valence-electron chi connectivity index (χ1n) is 8.85. The van der Waals surface area contributed by atoms with Gasteiger partial charge in [0.25, 0.3) is 11.8 Å². The summed E-state index contributed by atoms with van der Waals surface area (Å²) in [6, 6.07) is 2.27. The predicted octanol–water partition coefficient (Wildman–Crippen LogP) is 2.26. The van der Waals surface area contributed by atoms with Gasteiger partial charge in [0.15, 0.2) is 11.5 Å². The van der Waals surface area contributed by atoms with Crippen LogP contribution < -0.4 is 26.4 Å². The molecular formula is C17H18ClF2N7O4. The average molecular weight is 458 g/mol. The third-order valence-electron chi connectivity index (χ3n) is 4.09. The van der Waals surface area contributed by atoms with E-state index in [0.29, 0.717) is 5.76 Å². The van der Waals surface area contributed by atoms with Gasteiger partial charge in [-0.05, 0) is 12.1 Å². The van der Waals surface area contributed by atoms with Crippen LogP contribution in [0, 0.1) is 0 Å². The zero-order valence-electron chi connectivity index (χ0n) is 16.5. The van der Waals surface area contributed by atoms with Crippen LogP contribution in [0.25, 0.3) is 0 Å². The van der Waals surface area contributed by atoms with Crippen molar-refractivity contribution in [3.63, 3.8) is 0 Å². The third-order valence-corrected chi connectivity index (χ3v) is 4.49. The van der Waals surface area contributed by atoms with E-state index in [-0.39, 0.29) is 33.7 Å². The normalized spacial score (nSPS) is 13.3. The topological polar surface area (TPSA) is 133 Å². The lowest BCUT2D eigenvalue weighted by atomic mass is 10.1. The number of rotatable bonds is 6. The van der Waals surface area contributed by atoms with E-state index >= 15 is 0 Å². The molecule has 4 N–H and O–H groups in total. The van der Waals surface area contributed by atoms with Crippen LogP contribution in [0.1, 0.15) is 46.2 Å². The molecule has 0 spiro atoms. The van der Waals surface area contributed by atoms with Crippen LogP contribution in [0.2, 0.25) is 5.02 Å². The number of aromatic nitrogens is 1. The Morgan fingerprint density at radius 3 is 2.55 bits per heavy atom. The average Bonchev–Trinajstić information content (AvgIpc) is 3.34. The van der Waals surface area contributed by atoms with Crippen molar-refractivity contribution in [1.29, 1.82) is 0 Å². The Morgan fingerprint density at radius 2 is 1.94 bits per heavy atom. The molecule has 0 saturated heterocycles. The number of hydrogen-bond donors (Lipinski definition) is 4. The molecule has 166 valence electrons. The SMILES string of the molecule is CC(C)c1oncc1C(=O)Nc1c(OC(F)F)ccc(C(=O)NC2=NNNN2C)c1Cl. The number of hydrazone groups is 1. The molecule has 1 aromatic carbocycles. The molecular weight excluding hydrogens is 440 g/mol. The summed E-state index contributed by atoms with van der Waals surface area (Å²) >= 11 is 6.30. The summed E-state index contributed by atoms with van der Waals surface area (Å²) in [5, 5.41) is 13.3. The summed E-state index contributed by atoms with van der Waals surface area (Å²) < 4.78 is 35.3. The van der Waals surface area contributed by atoms with Gasteiger partial charge in [0, 0.05) is 13.0 Å². The van der Waals surface area contributed by atoms with Gasteiger partial charge in [-0.25, -0.2) is 5.53 Å². The second-order valence-corrected chi connectivity index (χ2v) is 6.94. The van der Waals surface area contributed by atoms with E-state index in [1.807, 2.05) is 0 Å². The van der Waals surface area contributed by atoms with Crippen LogP contribution in [-0.2, 0) is 0 Å². The van der Waals surface area contributed by atoms with Crippen molar-refractivity contribution in [3.8, 4) is 5.75 Å². The summed E-state index contributed by atoms with van der Waals surface area (Å²) in [4.78, 5) is 25.4. The molecule has 0 saturated carbocycles. The number of nitrogens with one attached hydrogen (secondary N) is 4. The van der Waals surface area contributed by atoms with Crippen LogP contribution in [0.4, 0.5) is 14.5 Å². The van der Waals surface area contributed by atoms with Crippen molar-refractivity contribution in [2.45, 2.75) is 26.4 Å². The molecule has 0 aliphatic carbocycles. The molecule has 2 heterocycles. The minimum atomic E-state index is -3.19. The number of benzene rings is 1. The molecule has 0 bridgehead atoms. The zero-order valence-corrected chi connectivity index (χ0v) is 17.3. The first-order chi connectivity index (χ1) is 14.7. The lowest BCUT2D eigenvalue weighted by Crippen LogP contribution is -2.45. The van der Waals surface area contributed by atoms with Crippen molar-refractivity contribution in [2.24, 2.45) is 5.10 Å². The van der Waals surface area contributed by atoms with Gasteiger partial charge in [0.1, 0.15) is 11.3 Å². The van der Waals surface area contributed by atoms with Crippen LogP contribution in [0.3, 0.4) is 0 Å². The molecule has 14 heteroatoms. The molecule has 2 aromatic rings. The highest BCUT2D eigenvalue weighted by molar-refractivity contribution is 6.37. The number of alkyl halides is 2. The van der Waals surface area contributed by atoms with Crippen LogP contribution in [0.15, 0.2) is 28.0 Å². The molecule has 0 unspecified atom stereocenters. The number of halogens is 3. The van der Waals surface area contributed by atoms with Gasteiger partial charge in [-0.3, -0.25) is 19.9 Å². The Kier molecular flexibility index (Phi) is 6.56. The molecule has 0 atom stereocenters. The summed E-state index contributed by atoms with van der Waals surface area (Å²) in [5.74, 6) is -1.60. The number of nitrogens with zero attached hydrogens (tertiary/aromatic N) is 3. The van der Waals surface area contributed by atoms with Gasteiger partial charge in [-0.1, -0.05) is 30.6 Å².